The second kappa shape index (κ2) is 11.8. The third-order valence-corrected chi connectivity index (χ3v) is 3.88. The van der Waals surface area contributed by atoms with Gasteiger partial charge in [-0.1, -0.05) is 31.9 Å². The van der Waals surface area contributed by atoms with Crippen molar-refractivity contribution in [3.05, 3.63) is 69.9 Å². The van der Waals surface area contributed by atoms with Crippen molar-refractivity contribution in [2.75, 3.05) is 0 Å². The zero-order valence-electron chi connectivity index (χ0n) is 17.7. The monoisotopic (exact) mass is 367 g/mol. The van der Waals surface area contributed by atoms with Gasteiger partial charge in [0.1, 0.15) is 11.5 Å². The Bertz CT molecular complexity index is 846. The van der Waals surface area contributed by atoms with E-state index < -0.39 is 0 Å². The summed E-state index contributed by atoms with van der Waals surface area (Å²) in [7, 11) is 0. The molecular formula is C24H30FNO. The average molecular weight is 368 g/mol. The van der Waals surface area contributed by atoms with Gasteiger partial charge < -0.3 is 0 Å². The summed E-state index contributed by atoms with van der Waals surface area (Å²) < 4.78 is 14.5. The molecule has 0 saturated heterocycles. The van der Waals surface area contributed by atoms with Gasteiger partial charge in [0.2, 0.25) is 0 Å². The van der Waals surface area contributed by atoms with E-state index in [2.05, 4.69) is 10.9 Å². The van der Waals surface area contributed by atoms with Gasteiger partial charge in [0, 0.05) is 24.3 Å². The summed E-state index contributed by atoms with van der Waals surface area (Å²) in [6, 6.07) is 1.89. The van der Waals surface area contributed by atoms with Crippen LogP contribution in [0.5, 0.6) is 0 Å². The number of aromatic nitrogens is 1. The maximum Gasteiger partial charge on any atom is 0.178 e. The molecule has 0 atom stereocenters. The minimum atomic E-state index is -0.323. The Morgan fingerprint density at radius 2 is 1.81 bits per heavy atom. The molecule has 27 heavy (non-hydrogen) atoms. The summed E-state index contributed by atoms with van der Waals surface area (Å²) in [4.78, 5) is 15.7. The zero-order chi connectivity index (χ0) is 21.1. The van der Waals surface area contributed by atoms with E-state index in [9.17, 15) is 9.18 Å². The quantitative estimate of drug-likeness (QED) is 0.326. The van der Waals surface area contributed by atoms with Gasteiger partial charge in [-0.2, -0.15) is 0 Å². The van der Waals surface area contributed by atoms with Crippen molar-refractivity contribution in [1.82, 2.24) is 4.98 Å². The van der Waals surface area contributed by atoms with Crippen molar-refractivity contribution >= 4 is 11.4 Å². The van der Waals surface area contributed by atoms with Crippen molar-refractivity contribution in [2.24, 2.45) is 0 Å². The highest BCUT2D eigenvalue weighted by molar-refractivity contribution is 5.93. The number of rotatable bonds is 5. The number of carbonyl (C=O) groups excluding carboxylic acids is 1. The molecule has 1 heterocycles. The standard InChI is InChI=1S/C22H24FNO.C2H6/c1-8-10-14(3)21(23)17(6)19(9-2)11-15(4)20-12-16(5)22(18(7)25)24-13-20;1-2/h2,8,10-13H,1,3-7H3;1-2H3/b10-8-,15-11+,19-17+,21-14+;. The van der Waals surface area contributed by atoms with E-state index in [1.54, 1.807) is 38.3 Å². The summed E-state index contributed by atoms with van der Waals surface area (Å²) in [6.45, 7) is 14.4. The molecule has 144 valence electrons. The number of nitrogens with zero attached hydrogens (tertiary/aromatic N) is 1. The van der Waals surface area contributed by atoms with Crippen molar-refractivity contribution in [3.8, 4) is 12.3 Å². The second-order valence-corrected chi connectivity index (χ2v) is 5.95. The molecule has 0 aliphatic rings. The minimum absolute atomic E-state index is 0.0719. The molecule has 0 spiro atoms. The Morgan fingerprint density at radius 3 is 2.26 bits per heavy atom. The van der Waals surface area contributed by atoms with Gasteiger partial charge in [-0.05, 0) is 69.0 Å². The van der Waals surface area contributed by atoms with Crippen molar-refractivity contribution in [1.29, 1.82) is 0 Å². The zero-order valence-corrected chi connectivity index (χ0v) is 17.7. The molecule has 1 aromatic heterocycles. The highest BCUT2D eigenvalue weighted by Crippen LogP contribution is 2.24. The lowest BCUT2D eigenvalue weighted by Gasteiger charge is -2.08. The molecule has 1 aromatic rings. The van der Waals surface area contributed by atoms with Crippen LogP contribution in [0.25, 0.3) is 5.57 Å². The molecule has 0 N–H and O–H groups in total. The first-order chi connectivity index (χ1) is 12.7. The van der Waals surface area contributed by atoms with Gasteiger partial charge in [0.05, 0.1) is 0 Å². The van der Waals surface area contributed by atoms with Crippen LogP contribution in [0.1, 0.15) is 70.1 Å². The molecule has 0 aliphatic carbocycles. The van der Waals surface area contributed by atoms with Crippen LogP contribution in [0.2, 0.25) is 0 Å². The Labute approximate surface area is 163 Å². The number of terminal acetylenes is 1. The number of hydrogen-bond acceptors (Lipinski definition) is 2. The molecule has 2 nitrogen and oxygen atoms in total. The highest BCUT2D eigenvalue weighted by Gasteiger charge is 2.09. The van der Waals surface area contributed by atoms with Crippen LogP contribution in [-0.2, 0) is 0 Å². The number of allylic oxidation sites excluding steroid dienone is 8. The van der Waals surface area contributed by atoms with E-state index in [1.165, 1.54) is 6.92 Å². The van der Waals surface area contributed by atoms with E-state index in [4.69, 9.17) is 6.42 Å². The summed E-state index contributed by atoms with van der Waals surface area (Å²) in [5.41, 5.74) is 4.39. The first-order valence-corrected chi connectivity index (χ1v) is 9.06. The molecule has 0 amide bonds. The summed E-state index contributed by atoms with van der Waals surface area (Å²) >= 11 is 0. The number of carbonyl (C=O) groups is 1. The fraction of sp³-hybridized carbons (Fsp3) is 0.333. The SMILES string of the molecule is C#CC(/C=C(\C)c1cnc(C(C)=O)c(C)c1)=C(C)\C(F)=C(C)/C=C\C.CC. The minimum Gasteiger partial charge on any atom is -0.293 e. The van der Waals surface area contributed by atoms with Crippen LogP contribution in [0.15, 0.2) is 53.0 Å². The predicted molar refractivity (Wildman–Crippen MR) is 114 cm³/mol. The first-order valence-electron chi connectivity index (χ1n) is 9.06. The van der Waals surface area contributed by atoms with E-state index in [1.807, 2.05) is 40.7 Å². The van der Waals surface area contributed by atoms with Gasteiger partial charge in [-0.25, -0.2) is 4.39 Å². The number of ketones is 1. The number of Topliss-reactive ketones (excluding diaryl/α,β-unsaturated/α-hetero) is 1. The lowest BCUT2D eigenvalue weighted by atomic mass is 9.99. The Kier molecular flexibility index (Phi) is 10.6. The summed E-state index contributed by atoms with van der Waals surface area (Å²) in [6.07, 6.45) is 12.5. The third-order valence-electron chi connectivity index (χ3n) is 3.88. The van der Waals surface area contributed by atoms with Gasteiger partial charge >= 0.3 is 0 Å². The van der Waals surface area contributed by atoms with Crippen LogP contribution in [0, 0.1) is 19.3 Å². The van der Waals surface area contributed by atoms with Crippen molar-refractivity contribution in [2.45, 2.75) is 55.4 Å². The second-order valence-electron chi connectivity index (χ2n) is 5.95. The van der Waals surface area contributed by atoms with Crippen LogP contribution in [-0.4, -0.2) is 10.8 Å². The fourth-order valence-electron chi connectivity index (χ4n) is 2.45. The van der Waals surface area contributed by atoms with E-state index >= 15 is 0 Å². The van der Waals surface area contributed by atoms with Crippen LogP contribution in [0.4, 0.5) is 4.39 Å². The molecule has 1 rings (SSSR count). The lowest BCUT2D eigenvalue weighted by molar-refractivity contribution is 0.101. The molecule has 0 bridgehead atoms. The molecular weight excluding hydrogens is 337 g/mol. The Hall–Kier alpha value is -2.73. The Balaban J connectivity index is 0.00000326. The van der Waals surface area contributed by atoms with Crippen molar-refractivity contribution in [3.63, 3.8) is 0 Å². The molecule has 0 saturated carbocycles. The van der Waals surface area contributed by atoms with Crippen LogP contribution >= 0.6 is 0 Å². The van der Waals surface area contributed by atoms with E-state index in [0.29, 0.717) is 22.4 Å². The number of hydrogen-bond donors (Lipinski definition) is 0. The topological polar surface area (TPSA) is 30.0 Å². The highest BCUT2D eigenvalue weighted by atomic mass is 19.1. The largest absolute Gasteiger partial charge is 0.293 e. The maximum atomic E-state index is 14.5. The average Bonchev–Trinajstić information content (AvgIpc) is 2.66. The van der Waals surface area contributed by atoms with Gasteiger partial charge in [0.15, 0.2) is 5.78 Å². The maximum absolute atomic E-state index is 14.5. The van der Waals surface area contributed by atoms with E-state index in [-0.39, 0.29) is 11.6 Å². The van der Waals surface area contributed by atoms with Crippen LogP contribution in [0.3, 0.4) is 0 Å². The normalized spacial score (nSPS) is 13.3. The smallest absolute Gasteiger partial charge is 0.178 e. The first kappa shape index (κ1) is 24.3. The summed E-state index contributed by atoms with van der Waals surface area (Å²) in [5.74, 6) is 2.16. The molecule has 3 heteroatoms. The molecule has 0 unspecified atom stereocenters. The Morgan fingerprint density at radius 1 is 1.22 bits per heavy atom. The predicted octanol–water partition coefficient (Wildman–Crippen LogP) is 6.79. The third kappa shape index (κ3) is 6.83. The number of halogens is 1. The molecule has 0 aromatic carbocycles. The molecule has 0 aliphatic heterocycles. The lowest BCUT2D eigenvalue weighted by Crippen LogP contribution is -2.01. The van der Waals surface area contributed by atoms with E-state index in [0.717, 1.165) is 16.7 Å². The molecule has 0 fully saturated rings. The fourth-order valence-corrected chi connectivity index (χ4v) is 2.45. The number of pyridine rings is 1. The van der Waals surface area contributed by atoms with Gasteiger partial charge in [-0.3, -0.25) is 9.78 Å². The molecule has 0 radical (unpaired) electrons. The number of aryl methyl sites for hydroxylation is 1. The van der Waals surface area contributed by atoms with Gasteiger partial charge in [0.25, 0.3) is 0 Å². The van der Waals surface area contributed by atoms with Gasteiger partial charge in [-0.15, -0.1) is 6.42 Å². The van der Waals surface area contributed by atoms with Crippen molar-refractivity contribution < 1.29 is 9.18 Å². The summed E-state index contributed by atoms with van der Waals surface area (Å²) in [5, 5.41) is 0. The van der Waals surface area contributed by atoms with Crippen LogP contribution < -0.4 is 0 Å².